The summed E-state index contributed by atoms with van der Waals surface area (Å²) in [6, 6.07) is 0.434. The number of ether oxygens (including phenoxy) is 1. The Morgan fingerprint density at radius 2 is 2.00 bits per heavy atom. The zero-order chi connectivity index (χ0) is 8.39. The van der Waals surface area contributed by atoms with Gasteiger partial charge in [-0.3, -0.25) is 0 Å². The zero-order valence-corrected chi connectivity index (χ0v) is 7.29. The van der Waals surface area contributed by atoms with E-state index in [1.165, 1.54) is 6.42 Å². The van der Waals surface area contributed by atoms with Gasteiger partial charge in [-0.1, -0.05) is 11.6 Å². The van der Waals surface area contributed by atoms with E-state index in [1.54, 1.807) is 12.4 Å². The Kier molecular flexibility index (Phi) is 2.13. The molecule has 64 valence electrons. The number of hydrogen-bond acceptors (Lipinski definition) is 3. The first-order chi connectivity index (χ1) is 5.84. The van der Waals surface area contributed by atoms with Gasteiger partial charge in [0.05, 0.1) is 17.4 Å². The third-order valence-corrected chi connectivity index (χ3v) is 2.12. The van der Waals surface area contributed by atoms with Gasteiger partial charge in [0.25, 0.3) is 0 Å². The second-order valence-corrected chi connectivity index (χ2v) is 3.29. The predicted molar refractivity (Wildman–Crippen MR) is 45.3 cm³/mol. The van der Waals surface area contributed by atoms with Crippen molar-refractivity contribution in [3.05, 3.63) is 17.4 Å². The maximum absolute atomic E-state index is 5.62. The van der Waals surface area contributed by atoms with Crippen molar-refractivity contribution in [3.63, 3.8) is 0 Å². The van der Waals surface area contributed by atoms with Crippen LogP contribution in [0.15, 0.2) is 12.4 Å². The lowest BCUT2D eigenvalue weighted by molar-refractivity contribution is 0.108. The van der Waals surface area contributed by atoms with Gasteiger partial charge >= 0.3 is 6.01 Å². The summed E-state index contributed by atoms with van der Waals surface area (Å²) in [5.74, 6) is 0. The molecular formula is C8H9ClN2O. The smallest absolute Gasteiger partial charge is 0.316 e. The second-order valence-electron chi connectivity index (χ2n) is 2.85. The van der Waals surface area contributed by atoms with Crippen molar-refractivity contribution in [2.75, 3.05) is 0 Å². The van der Waals surface area contributed by atoms with Gasteiger partial charge in [0.15, 0.2) is 0 Å². The van der Waals surface area contributed by atoms with Crippen LogP contribution < -0.4 is 4.74 Å². The Balaban J connectivity index is 1.98. The summed E-state index contributed by atoms with van der Waals surface area (Å²) in [6.45, 7) is 0. The molecule has 3 nitrogen and oxygen atoms in total. The monoisotopic (exact) mass is 184 g/mol. The maximum atomic E-state index is 5.62. The van der Waals surface area contributed by atoms with Crippen LogP contribution in [0.3, 0.4) is 0 Å². The Labute approximate surface area is 75.7 Å². The Hall–Kier alpha value is -0.830. The molecule has 0 bridgehead atoms. The van der Waals surface area contributed by atoms with Crippen molar-refractivity contribution in [1.82, 2.24) is 9.97 Å². The molecule has 1 aromatic rings. The van der Waals surface area contributed by atoms with Crippen LogP contribution in [0, 0.1) is 0 Å². The highest BCUT2D eigenvalue weighted by molar-refractivity contribution is 6.30. The molecule has 0 spiro atoms. The van der Waals surface area contributed by atoms with Gasteiger partial charge in [0.2, 0.25) is 0 Å². The molecule has 1 heterocycles. The van der Waals surface area contributed by atoms with E-state index >= 15 is 0 Å². The Bertz CT molecular complexity index is 258. The predicted octanol–water partition coefficient (Wildman–Crippen LogP) is 2.06. The number of hydrogen-bond donors (Lipinski definition) is 0. The first kappa shape index (κ1) is 7.80. The summed E-state index contributed by atoms with van der Waals surface area (Å²) in [4.78, 5) is 7.87. The molecule has 1 saturated carbocycles. The lowest BCUT2D eigenvalue weighted by Gasteiger charge is -2.24. The summed E-state index contributed by atoms with van der Waals surface area (Å²) in [5, 5.41) is 0.538. The Morgan fingerprint density at radius 3 is 2.50 bits per heavy atom. The molecule has 0 aromatic carbocycles. The van der Waals surface area contributed by atoms with E-state index in [0.29, 0.717) is 17.1 Å². The van der Waals surface area contributed by atoms with E-state index in [-0.39, 0.29) is 0 Å². The minimum atomic E-state index is 0.325. The van der Waals surface area contributed by atoms with Crippen LogP contribution in [-0.4, -0.2) is 16.1 Å². The zero-order valence-electron chi connectivity index (χ0n) is 6.53. The summed E-state index contributed by atoms with van der Waals surface area (Å²) in [7, 11) is 0. The highest BCUT2D eigenvalue weighted by Crippen LogP contribution is 2.22. The lowest BCUT2D eigenvalue weighted by atomic mass is 9.96. The molecule has 0 radical (unpaired) electrons. The molecule has 4 heteroatoms. The molecule has 0 saturated heterocycles. The van der Waals surface area contributed by atoms with Gasteiger partial charge in [-0.25, -0.2) is 9.97 Å². The van der Waals surface area contributed by atoms with Crippen LogP contribution in [0.4, 0.5) is 0 Å². The number of aromatic nitrogens is 2. The summed E-state index contributed by atoms with van der Waals surface area (Å²) >= 11 is 5.62. The highest BCUT2D eigenvalue weighted by Gasteiger charge is 2.19. The molecule has 12 heavy (non-hydrogen) atoms. The molecule has 1 aliphatic rings. The molecule has 2 rings (SSSR count). The van der Waals surface area contributed by atoms with Crippen molar-refractivity contribution < 1.29 is 4.74 Å². The van der Waals surface area contributed by atoms with Crippen molar-refractivity contribution >= 4 is 11.6 Å². The van der Waals surface area contributed by atoms with Gasteiger partial charge in [-0.15, -0.1) is 0 Å². The van der Waals surface area contributed by atoms with Crippen LogP contribution >= 0.6 is 11.6 Å². The molecule has 0 N–H and O–H groups in total. The van der Waals surface area contributed by atoms with E-state index in [4.69, 9.17) is 16.3 Å². The average molecular weight is 185 g/mol. The van der Waals surface area contributed by atoms with Gasteiger partial charge in [-0.2, -0.15) is 0 Å². The lowest BCUT2D eigenvalue weighted by Crippen LogP contribution is -2.25. The quantitative estimate of drug-likeness (QED) is 0.706. The standard InChI is InChI=1S/C8H9ClN2O/c9-6-4-10-8(11-5-6)12-7-2-1-3-7/h4-5,7H,1-3H2. The van der Waals surface area contributed by atoms with Gasteiger partial charge in [0.1, 0.15) is 6.10 Å². The third-order valence-electron chi connectivity index (χ3n) is 1.92. The van der Waals surface area contributed by atoms with Crippen molar-refractivity contribution in [1.29, 1.82) is 0 Å². The topological polar surface area (TPSA) is 35.0 Å². The largest absolute Gasteiger partial charge is 0.460 e. The highest BCUT2D eigenvalue weighted by atomic mass is 35.5. The molecule has 0 atom stereocenters. The van der Waals surface area contributed by atoms with Crippen LogP contribution in [0.25, 0.3) is 0 Å². The van der Waals surface area contributed by atoms with Gasteiger partial charge in [0, 0.05) is 0 Å². The van der Waals surface area contributed by atoms with E-state index < -0.39 is 0 Å². The molecule has 0 amide bonds. The number of nitrogens with zero attached hydrogens (tertiary/aromatic N) is 2. The normalized spacial score (nSPS) is 17.1. The fraction of sp³-hybridized carbons (Fsp3) is 0.500. The van der Waals surface area contributed by atoms with Crippen molar-refractivity contribution in [3.8, 4) is 6.01 Å². The first-order valence-corrected chi connectivity index (χ1v) is 4.36. The molecule has 0 unspecified atom stereocenters. The van der Waals surface area contributed by atoms with E-state index in [9.17, 15) is 0 Å². The SMILES string of the molecule is Clc1cnc(OC2CCC2)nc1. The fourth-order valence-electron chi connectivity index (χ4n) is 0.999. The minimum Gasteiger partial charge on any atom is -0.460 e. The molecule has 1 aromatic heterocycles. The maximum Gasteiger partial charge on any atom is 0.316 e. The molecule has 0 aliphatic heterocycles. The summed E-state index contributed by atoms with van der Waals surface area (Å²) in [5.41, 5.74) is 0. The third kappa shape index (κ3) is 1.67. The van der Waals surface area contributed by atoms with Gasteiger partial charge in [-0.05, 0) is 19.3 Å². The molecule has 1 fully saturated rings. The van der Waals surface area contributed by atoms with Crippen LogP contribution in [-0.2, 0) is 0 Å². The van der Waals surface area contributed by atoms with Crippen molar-refractivity contribution in [2.45, 2.75) is 25.4 Å². The number of halogens is 1. The van der Waals surface area contributed by atoms with Crippen molar-refractivity contribution in [2.24, 2.45) is 0 Å². The molecular weight excluding hydrogens is 176 g/mol. The van der Waals surface area contributed by atoms with Crippen LogP contribution in [0.2, 0.25) is 5.02 Å². The van der Waals surface area contributed by atoms with E-state index in [1.807, 2.05) is 0 Å². The fourth-order valence-corrected chi connectivity index (χ4v) is 1.10. The van der Waals surface area contributed by atoms with Gasteiger partial charge < -0.3 is 4.74 Å². The van der Waals surface area contributed by atoms with E-state index in [0.717, 1.165) is 12.8 Å². The molecule has 1 aliphatic carbocycles. The van der Waals surface area contributed by atoms with Crippen LogP contribution in [0.5, 0.6) is 6.01 Å². The van der Waals surface area contributed by atoms with E-state index in [2.05, 4.69) is 9.97 Å². The number of rotatable bonds is 2. The second kappa shape index (κ2) is 3.27. The minimum absolute atomic E-state index is 0.325. The summed E-state index contributed by atoms with van der Waals surface area (Å²) < 4.78 is 5.42. The Morgan fingerprint density at radius 1 is 1.33 bits per heavy atom. The summed E-state index contributed by atoms with van der Waals surface area (Å²) in [6.07, 6.45) is 6.90. The van der Waals surface area contributed by atoms with Crippen LogP contribution in [0.1, 0.15) is 19.3 Å². The average Bonchev–Trinajstić information content (AvgIpc) is 2.00. The first-order valence-electron chi connectivity index (χ1n) is 3.99.